The van der Waals surface area contributed by atoms with Gasteiger partial charge in [0.15, 0.2) is 0 Å². The third-order valence-electron chi connectivity index (χ3n) is 2.12. The van der Waals surface area contributed by atoms with Crippen LogP contribution in [0.2, 0.25) is 0 Å². The molecule has 1 radical (unpaired) electrons. The molecule has 0 aromatic heterocycles. The summed E-state index contributed by atoms with van der Waals surface area (Å²) in [5, 5.41) is 5.69. The third-order valence-corrected chi connectivity index (χ3v) is 2.12. The molecule has 71 valence electrons. The standard InChI is InChI=1S/C10H9N2O2/c13-6-5-9-10(14)12-8-4-2-1-3-7(8)11-9/h1-4,9,11H,5H2,(H,12,14). The number of benzene rings is 1. The van der Waals surface area contributed by atoms with E-state index in [1.807, 2.05) is 18.2 Å². The number of hydrogen-bond acceptors (Lipinski definition) is 3. The number of fused-ring (bicyclic) bond motifs is 1. The van der Waals surface area contributed by atoms with E-state index in [4.69, 9.17) is 0 Å². The van der Waals surface area contributed by atoms with Gasteiger partial charge < -0.3 is 10.6 Å². The number of carbonyl (C=O) groups excluding carboxylic acids is 2. The summed E-state index contributed by atoms with van der Waals surface area (Å²) in [6, 6.07) is 6.87. The predicted molar refractivity (Wildman–Crippen MR) is 52.8 cm³/mol. The highest BCUT2D eigenvalue weighted by molar-refractivity contribution is 6.03. The van der Waals surface area contributed by atoms with E-state index >= 15 is 0 Å². The largest absolute Gasteiger partial charge is 0.372 e. The molecule has 4 nitrogen and oxygen atoms in total. The van der Waals surface area contributed by atoms with Crippen LogP contribution < -0.4 is 10.6 Å². The van der Waals surface area contributed by atoms with Crippen LogP contribution in [0.15, 0.2) is 24.3 Å². The average Bonchev–Trinajstić information content (AvgIpc) is 2.19. The summed E-state index contributed by atoms with van der Waals surface area (Å²) < 4.78 is 0. The lowest BCUT2D eigenvalue weighted by atomic mass is 10.1. The Hall–Kier alpha value is -1.84. The molecular formula is C10H9N2O2. The van der Waals surface area contributed by atoms with E-state index in [0.29, 0.717) is 0 Å². The van der Waals surface area contributed by atoms with Crippen molar-refractivity contribution in [1.29, 1.82) is 0 Å². The fourth-order valence-electron chi connectivity index (χ4n) is 1.42. The molecule has 1 aromatic carbocycles. The Labute approximate surface area is 81.3 Å². The molecule has 0 saturated heterocycles. The van der Waals surface area contributed by atoms with Crippen molar-refractivity contribution in [1.82, 2.24) is 0 Å². The maximum atomic E-state index is 11.4. The van der Waals surface area contributed by atoms with Gasteiger partial charge in [0.1, 0.15) is 6.04 Å². The van der Waals surface area contributed by atoms with Crippen molar-refractivity contribution < 1.29 is 9.59 Å². The monoisotopic (exact) mass is 189 g/mol. The first-order valence-corrected chi connectivity index (χ1v) is 4.32. The first kappa shape index (κ1) is 8.74. The molecule has 0 fully saturated rings. The Kier molecular flexibility index (Phi) is 2.18. The van der Waals surface area contributed by atoms with Crippen molar-refractivity contribution in [3.8, 4) is 0 Å². The topological polar surface area (TPSA) is 58.2 Å². The van der Waals surface area contributed by atoms with E-state index in [1.54, 1.807) is 12.4 Å². The number of nitrogens with one attached hydrogen (secondary N) is 2. The fourth-order valence-corrected chi connectivity index (χ4v) is 1.42. The van der Waals surface area contributed by atoms with Crippen molar-refractivity contribution in [2.24, 2.45) is 0 Å². The lowest BCUT2D eigenvalue weighted by molar-refractivity contribution is -0.116. The van der Waals surface area contributed by atoms with Gasteiger partial charge in [0.2, 0.25) is 12.2 Å². The normalized spacial score (nSPS) is 19.1. The molecular weight excluding hydrogens is 180 g/mol. The molecule has 0 saturated carbocycles. The van der Waals surface area contributed by atoms with Crippen molar-refractivity contribution >= 4 is 23.6 Å². The van der Waals surface area contributed by atoms with Crippen molar-refractivity contribution in [2.45, 2.75) is 12.5 Å². The van der Waals surface area contributed by atoms with Crippen LogP contribution >= 0.6 is 0 Å². The van der Waals surface area contributed by atoms with E-state index in [-0.39, 0.29) is 12.3 Å². The molecule has 1 aromatic rings. The van der Waals surface area contributed by atoms with Gasteiger partial charge in [-0.05, 0) is 12.1 Å². The average molecular weight is 189 g/mol. The first-order chi connectivity index (χ1) is 6.81. The van der Waals surface area contributed by atoms with E-state index in [1.165, 1.54) is 0 Å². The van der Waals surface area contributed by atoms with Gasteiger partial charge in [-0.1, -0.05) is 12.1 Å². The molecule has 0 aliphatic carbocycles. The zero-order valence-electron chi connectivity index (χ0n) is 7.41. The highest BCUT2D eigenvalue weighted by Crippen LogP contribution is 2.26. The Bertz CT molecular complexity index is 376. The summed E-state index contributed by atoms with van der Waals surface area (Å²) in [7, 11) is 0. The van der Waals surface area contributed by atoms with Crippen LogP contribution in [-0.4, -0.2) is 18.2 Å². The number of para-hydroxylation sites is 2. The molecule has 1 unspecified atom stereocenters. The van der Waals surface area contributed by atoms with E-state index in [0.717, 1.165) is 11.4 Å². The predicted octanol–water partition coefficient (Wildman–Crippen LogP) is 0.919. The second-order valence-electron chi connectivity index (χ2n) is 3.08. The first-order valence-electron chi connectivity index (χ1n) is 4.32. The van der Waals surface area contributed by atoms with Crippen molar-refractivity contribution in [2.75, 3.05) is 10.6 Å². The van der Waals surface area contributed by atoms with Crippen LogP contribution in [0.1, 0.15) is 6.42 Å². The lowest BCUT2D eigenvalue weighted by Gasteiger charge is -2.25. The molecule has 4 heteroatoms. The van der Waals surface area contributed by atoms with Gasteiger partial charge in [-0.25, -0.2) is 0 Å². The summed E-state index contributed by atoms with van der Waals surface area (Å²) >= 11 is 0. The van der Waals surface area contributed by atoms with Crippen LogP contribution in [0.5, 0.6) is 0 Å². The maximum absolute atomic E-state index is 11.4. The zero-order chi connectivity index (χ0) is 9.97. The van der Waals surface area contributed by atoms with Crippen LogP contribution in [0.3, 0.4) is 0 Å². The second kappa shape index (κ2) is 3.49. The van der Waals surface area contributed by atoms with Crippen LogP contribution in [0.25, 0.3) is 0 Å². The van der Waals surface area contributed by atoms with E-state index < -0.39 is 6.04 Å². The number of amides is 1. The Morgan fingerprint density at radius 1 is 1.29 bits per heavy atom. The Morgan fingerprint density at radius 2 is 2.00 bits per heavy atom. The van der Waals surface area contributed by atoms with Gasteiger partial charge in [0.25, 0.3) is 0 Å². The smallest absolute Gasteiger partial charge is 0.247 e. The number of hydrogen-bond donors (Lipinski definition) is 2. The molecule has 1 amide bonds. The minimum absolute atomic E-state index is 0.0696. The Morgan fingerprint density at radius 3 is 2.71 bits per heavy atom. The molecule has 0 spiro atoms. The number of anilines is 2. The minimum Gasteiger partial charge on any atom is -0.372 e. The molecule has 0 bridgehead atoms. The summed E-state index contributed by atoms with van der Waals surface area (Å²) in [5.41, 5.74) is 1.59. The van der Waals surface area contributed by atoms with Gasteiger partial charge in [0, 0.05) is 6.42 Å². The maximum Gasteiger partial charge on any atom is 0.247 e. The molecule has 1 atom stereocenters. The lowest BCUT2D eigenvalue weighted by Crippen LogP contribution is -2.38. The summed E-state index contributed by atoms with van der Waals surface area (Å²) in [6.45, 7) is 0. The highest BCUT2D eigenvalue weighted by Gasteiger charge is 2.24. The fraction of sp³-hybridized carbons (Fsp3) is 0.200. The van der Waals surface area contributed by atoms with E-state index in [9.17, 15) is 9.59 Å². The van der Waals surface area contributed by atoms with Crippen molar-refractivity contribution in [3.63, 3.8) is 0 Å². The molecule has 2 N–H and O–H groups in total. The molecule has 14 heavy (non-hydrogen) atoms. The Balaban J connectivity index is 2.26. The highest BCUT2D eigenvalue weighted by atomic mass is 16.2. The zero-order valence-corrected chi connectivity index (χ0v) is 7.41. The minimum atomic E-state index is -0.498. The van der Waals surface area contributed by atoms with Crippen LogP contribution in [0.4, 0.5) is 11.4 Å². The number of carbonyl (C=O) groups is 1. The van der Waals surface area contributed by atoms with Gasteiger partial charge in [-0.15, -0.1) is 0 Å². The molecule has 1 aliphatic rings. The summed E-state index contributed by atoms with van der Waals surface area (Å²) in [4.78, 5) is 21.6. The van der Waals surface area contributed by atoms with E-state index in [2.05, 4.69) is 10.6 Å². The SMILES string of the molecule is O=[C]CC1Nc2ccccc2NC1=O. The molecule has 1 heterocycles. The molecule has 2 rings (SSSR count). The van der Waals surface area contributed by atoms with Gasteiger partial charge >= 0.3 is 0 Å². The number of rotatable bonds is 2. The second-order valence-corrected chi connectivity index (χ2v) is 3.08. The molecule has 1 aliphatic heterocycles. The van der Waals surface area contributed by atoms with Crippen LogP contribution in [0, 0.1) is 0 Å². The third kappa shape index (κ3) is 1.46. The van der Waals surface area contributed by atoms with Crippen LogP contribution in [-0.2, 0) is 9.59 Å². The quantitative estimate of drug-likeness (QED) is 0.727. The summed E-state index contributed by atoms with van der Waals surface area (Å²) in [6.07, 6.45) is 1.79. The van der Waals surface area contributed by atoms with Gasteiger partial charge in [-0.2, -0.15) is 0 Å². The summed E-state index contributed by atoms with van der Waals surface area (Å²) in [5.74, 6) is -0.188. The van der Waals surface area contributed by atoms with Gasteiger partial charge in [-0.3, -0.25) is 9.59 Å². The van der Waals surface area contributed by atoms with Crippen molar-refractivity contribution in [3.05, 3.63) is 24.3 Å². The van der Waals surface area contributed by atoms with Gasteiger partial charge in [0.05, 0.1) is 11.4 Å².